The molecule has 4 heteroatoms. The number of para-hydroxylation sites is 1. The minimum atomic E-state index is 0.902. The summed E-state index contributed by atoms with van der Waals surface area (Å²) in [4.78, 5) is 2.39. The van der Waals surface area contributed by atoms with E-state index in [1.165, 1.54) is 62.6 Å². The van der Waals surface area contributed by atoms with Crippen LogP contribution < -0.4 is 4.90 Å². The predicted octanol–water partition coefficient (Wildman–Crippen LogP) is 16.8. The van der Waals surface area contributed by atoms with Crippen molar-refractivity contribution >= 4 is 102 Å². The number of fused-ring (bicyclic) bond motifs is 9. The van der Waals surface area contributed by atoms with Gasteiger partial charge in [0.15, 0.2) is 0 Å². The molecule has 0 aliphatic heterocycles. The van der Waals surface area contributed by atoms with Gasteiger partial charge in [-0.15, -0.1) is 22.7 Å². The van der Waals surface area contributed by atoms with E-state index in [0.29, 0.717) is 0 Å². The Morgan fingerprint density at radius 1 is 0.310 bits per heavy atom. The fourth-order valence-corrected chi connectivity index (χ4v) is 11.0. The first-order valence-corrected chi connectivity index (χ1v) is 21.2. The van der Waals surface area contributed by atoms with E-state index < -0.39 is 0 Å². The second kappa shape index (κ2) is 13.3. The number of nitrogens with zero attached hydrogens (tertiary/aromatic N) is 1. The highest BCUT2D eigenvalue weighted by atomic mass is 32.1. The Morgan fingerprint density at radius 3 is 1.60 bits per heavy atom. The van der Waals surface area contributed by atoms with Gasteiger partial charge in [0.1, 0.15) is 11.2 Å². The maximum absolute atomic E-state index is 6.18. The first-order chi connectivity index (χ1) is 28.7. The number of rotatable bonds is 6. The SMILES string of the molecule is c1cc(-c2ccc3oc4ccccc4c3c2)cc(N(c2ccc(-c3cccc4c3sc3ccccc34)cc2)c2cccc(-c3ccc4sc5ccccc5c4c3)c2)c1. The second-order valence-electron chi connectivity index (χ2n) is 14.9. The summed E-state index contributed by atoms with van der Waals surface area (Å²) in [5.41, 5.74) is 12.3. The van der Waals surface area contributed by atoms with Crippen molar-refractivity contribution in [2.45, 2.75) is 0 Å². The molecule has 0 radical (unpaired) electrons. The zero-order valence-electron chi connectivity index (χ0n) is 31.2. The summed E-state index contributed by atoms with van der Waals surface area (Å²) in [6.07, 6.45) is 0. The first kappa shape index (κ1) is 33.2. The van der Waals surface area contributed by atoms with Gasteiger partial charge in [-0.1, -0.05) is 121 Å². The van der Waals surface area contributed by atoms with Gasteiger partial charge in [0.2, 0.25) is 0 Å². The van der Waals surface area contributed by atoms with E-state index in [9.17, 15) is 0 Å². The molecule has 0 fully saturated rings. The lowest BCUT2D eigenvalue weighted by Crippen LogP contribution is -2.10. The first-order valence-electron chi connectivity index (χ1n) is 19.6. The highest BCUT2D eigenvalue weighted by Crippen LogP contribution is 2.44. The van der Waals surface area contributed by atoms with Gasteiger partial charge >= 0.3 is 0 Å². The number of hydrogen-bond donors (Lipinski definition) is 0. The molecule has 0 spiro atoms. The number of anilines is 3. The third-order valence-electron chi connectivity index (χ3n) is 11.5. The Kier molecular flexibility index (Phi) is 7.62. The quantitative estimate of drug-likeness (QED) is 0.167. The summed E-state index contributed by atoms with van der Waals surface area (Å²) in [5, 5.41) is 7.51. The summed E-state index contributed by atoms with van der Waals surface area (Å²) >= 11 is 3.73. The van der Waals surface area contributed by atoms with Crippen LogP contribution in [0, 0.1) is 0 Å². The van der Waals surface area contributed by atoms with Gasteiger partial charge in [-0.2, -0.15) is 0 Å². The molecule has 9 aromatic carbocycles. The van der Waals surface area contributed by atoms with Gasteiger partial charge in [-0.3, -0.25) is 0 Å². The molecule has 0 saturated heterocycles. The number of hydrogen-bond acceptors (Lipinski definition) is 4. The van der Waals surface area contributed by atoms with E-state index in [-0.39, 0.29) is 0 Å². The highest BCUT2D eigenvalue weighted by molar-refractivity contribution is 7.26. The molecule has 12 aromatic rings. The molecule has 12 rings (SSSR count). The van der Waals surface area contributed by atoms with E-state index in [0.717, 1.165) is 50.1 Å². The van der Waals surface area contributed by atoms with Gasteiger partial charge in [-0.05, 0) is 112 Å². The lowest BCUT2D eigenvalue weighted by atomic mass is 10.00. The molecule has 0 unspecified atom stereocenters. The molecule has 0 bridgehead atoms. The number of benzene rings is 9. The molecule has 0 aliphatic rings. The van der Waals surface area contributed by atoms with Crippen LogP contribution in [0.3, 0.4) is 0 Å². The smallest absolute Gasteiger partial charge is 0.135 e. The number of thiophene rings is 2. The molecule has 0 N–H and O–H groups in total. The average Bonchev–Trinajstić information content (AvgIpc) is 3.98. The van der Waals surface area contributed by atoms with Crippen LogP contribution in [0.15, 0.2) is 205 Å². The molecule has 3 heterocycles. The van der Waals surface area contributed by atoms with Crippen LogP contribution in [-0.4, -0.2) is 0 Å². The van der Waals surface area contributed by atoms with E-state index in [2.05, 4.69) is 193 Å². The third kappa shape index (κ3) is 5.45. The van der Waals surface area contributed by atoms with Crippen molar-refractivity contribution in [3.8, 4) is 33.4 Å². The maximum Gasteiger partial charge on any atom is 0.135 e. The lowest BCUT2D eigenvalue weighted by Gasteiger charge is -2.27. The van der Waals surface area contributed by atoms with Gasteiger partial charge in [-0.25, -0.2) is 0 Å². The molecular weight excluding hydrogens is 743 g/mol. The molecule has 272 valence electrons. The van der Waals surface area contributed by atoms with Crippen LogP contribution in [0.2, 0.25) is 0 Å². The van der Waals surface area contributed by atoms with Crippen LogP contribution in [0.4, 0.5) is 17.1 Å². The van der Waals surface area contributed by atoms with Crippen molar-refractivity contribution in [1.82, 2.24) is 0 Å². The molecule has 58 heavy (non-hydrogen) atoms. The summed E-state index contributed by atoms with van der Waals surface area (Å²) < 4.78 is 11.5. The Bertz CT molecular complexity index is 3380. The zero-order chi connectivity index (χ0) is 38.2. The molecule has 0 amide bonds. The Labute approximate surface area is 343 Å². The normalized spacial score (nSPS) is 11.8. The fraction of sp³-hybridized carbons (Fsp3) is 0. The van der Waals surface area contributed by atoms with Crippen molar-refractivity contribution < 1.29 is 4.42 Å². The van der Waals surface area contributed by atoms with E-state index in [1.54, 1.807) is 0 Å². The summed E-state index contributed by atoms with van der Waals surface area (Å²) in [6.45, 7) is 0. The molecule has 3 aromatic heterocycles. The maximum atomic E-state index is 6.18. The summed E-state index contributed by atoms with van der Waals surface area (Å²) in [6, 6.07) is 72.8. The minimum Gasteiger partial charge on any atom is -0.456 e. The molecule has 0 aliphatic carbocycles. The van der Waals surface area contributed by atoms with Crippen molar-refractivity contribution in [2.24, 2.45) is 0 Å². The van der Waals surface area contributed by atoms with Crippen LogP contribution in [-0.2, 0) is 0 Å². The van der Waals surface area contributed by atoms with Crippen molar-refractivity contribution in [2.75, 3.05) is 4.90 Å². The largest absolute Gasteiger partial charge is 0.456 e. The Hall–Kier alpha value is -6.98. The molecule has 2 nitrogen and oxygen atoms in total. The third-order valence-corrected chi connectivity index (χ3v) is 13.8. The topological polar surface area (TPSA) is 16.4 Å². The fourth-order valence-electron chi connectivity index (χ4n) is 8.67. The number of furan rings is 1. The van der Waals surface area contributed by atoms with E-state index >= 15 is 0 Å². The molecule has 0 atom stereocenters. The summed E-state index contributed by atoms with van der Waals surface area (Å²) in [7, 11) is 0. The van der Waals surface area contributed by atoms with Crippen molar-refractivity contribution in [3.05, 3.63) is 200 Å². The standard InChI is InChI=1S/C54H33NOS2/c1-4-19-49-43(14-1)47-32-37(24-28-50(47)56-49)35-10-7-12-40(30-35)55(39-26-22-34(23-27-39)42-17-9-18-46-44-15-2-6-21-52(44)58-54(42)46)41-13-8-11-36(31-41)38-25-29-53-48(33-38)45-16-3-5-20-51(45)57-53/h1-33H. The van der Waals surface area contributed by atoms with Crippen LogP contribution in [0.1, 0.15) is 0 Å². The monoisotopic (exact) mass is 775 g/mol. The summed E-state index contributed by atoms with van der Waals surface area (Å²) in [5.74, 6) is 0. The lowest BCUT2D eigenvalue weighted by molar-refractivity contribution is 0.669. The average molecular weight is 776 g/mol. The minimum absolute atomic E-state index is 0.902. The Morgan fingerprint density at radius 2 is 0.845 bits per heavy atom. The molecule has 0 saturated carbocycles. The van der Waals surface area contributed by atoms with Gasteiger partial charge in [0.05, 0.1) is 0 Å². The van der Waals surface area contributed by atoms with Gasteiger partial charge < -0.3 is 9.32 Å². The van der Waals surface area contributed by atoms with Crippen LogP contribution in [0.25, 0.3) is 95.7 Å². The van der Waals surface area contributed by atoms with E-state index in [1.807, 2.05) is 34.8 Å². The van der Waals surface area contributed by atoms with Gasteiger partial charge in [0.25, 0.3) is 0 Å². The van der Waals surface area contributed by atoms with Crippen LogP contribution >= 0.6 is 22.7 Å². The van der Waals surface area contributed by atoms with Crippen LogP contribution in [0.5, 0.6) is 0 Å². The predicted molar refractivity (Wildman–Crippen MR) is 250 cm³/mol. The van der Waals surface area contributed by atoms with Crippen molar-refractivity contribution in [3.63, 3.8) is 0 Å². The highest BCUT2D eigenvalue weighted by Gasteiger charge is 2.17. The molecular formula is C54H33NOS2. The van der Waals surface area contributed by atoms with E-state index in [4.69, 9.17) is 4.42 Å². The van der Waals surface area contributed by atoms with Gasteiger partial charge in [0, 0.05) is 68.2 Å². The second-order valence-corrected chi connectivity index (χ2v) is 17.0. The van der Waals surface area contributed by atoms with Crippen molar-refractivity contribution in [1.29, 1.82) is 0 Å². The Balaban J connectivity index is 0.991. The zero-order valence-corrected chi connectivity index (χ0v) is 32.9.